The number of para-hydroxylation sites is 1. The maximum absolute atomic E-state index is 13.2. The number of H-pyrrole nitrogens is 1. The number of hydrogen-bond acceptors (Lipinski definition) is 5. The van der Waals surface area contributed by atoms with Crippen molar-refractivity contribution in [3.63, 3.8) is 0 Å². The number of imide groups is 1. The Morgan fingerprint density at radius 3 is 2.62 bits per heavy atom. The average Bonchev–Trinajstić information content (AvgIpc) is 3.32. The predicted molar refractivity (Wildman–Crippen MR) is 113 cm³/mol. The van der Waals surface area contributed by atoms with E-state index in [1.807, 2.05) is 18.2 Å². The monoisotopic (exact) mass is 437 g/mol. The lowest BCUT2D eigenvalue weighted by molar-refractivity contribution is -0.133. The van der Waals surface area contributed by atoms with Crippen molar-refractivity contribution in [1.82, 2.24) is 20.4 Å². The summed E-state index contributed by atoms with van der Waals surface area (Å²) in [5.41, 5.74) is 0.395. The zero-order valence-corrected chi connectivity index (χ0v) is 17.3. The molecule has 3 aromatic rings. The molecule has 4 rings (SSSR count). The van der Waals surface area contributed by atoms with Crippen molar-refractivity contribution in [3.05, 3.63) is 66.0 Å². The first kappa shape index (κ1) is 21.0. The van der Waals surface area contributed by atoms with Crippen LogP contribution < -0.4 is 15.4 Å². The highest BCUT2D eigenvalue weighted by molar-refractivity contribution is 6.10. The number of aromatic nitrogens is 2. The zero-order valence-electron chi connectivity index (χ0n) is 17.3. The fourth-order valence-electron chi connectivity index (χ4n) is 3.54. The molecule has 32 heavy (non-hydrogen) atoms. The van der Waals surface area contributed by atoms with Crippen molar-refractivity contribution in [3.8, 4) is 17.0 Å². The maximum Gasteiger partial charge on any atom is 0.325 e. The molecular formula is C22H20FN5O4. The molecule has 2 heterocycles. The quantitative estimate of drug-likeness (QED) is 0.513. The van der Waals surface area contributed by atoms with E-state index in [2.05, 4.69) is 20.8 Å². The first-order chi connectivity index (χ1) is 15.3. The lowest BCUT2D eigenvalue weighted by Crippen LogP contribution is -2.42. The number of nitrogens with zero attached hydrogens (tertiary/aromatic N) is 2. The molecule has 0 bridgehead atoms. The number of hydrogen-bond donors (Lipinski definition) is 3. The SMILES string of the molecule is COc1ccccc1-c1cc(NC(=O)CN2C(=O)NC(C)(c3ccc(F)cc3)C2=O)n[nH]1. The molecule has 10 heteroatoms. The average molecular weight is 437 g/mol. The minimum Gasteiger partial charge on any atom is -0.496 e. The number of carbonyl (C=O) groups is 3. The summed E-state index contributed by atoms with van der Waals surface area (Å²) in [4.78, 5) is 38.6. The zero-order chi connectivity index (χ0) is 22.9. The van der Waals surface area contributed by atoms with E-state index in [4.69, 9.17) is 4.74 Å². The van der Waals surface area contributed by atoms with Gasteiger partial charge in [-0.25, -0.2) is 9.18 Å². The molecule has 0 radical (unpaired) electrons. The summed E-state index contributed by atoms with van der Waals surface area (Å²) in [7, 11) is 1.55. The molecular weight excluding hydrogens is 417 g/mol. The summed E-state index contributed by atoms with van der Waals surface area (Å²) in [6.45, 7) is 1.00. The predicted octanol–water partition coefficient (Wildman–Crippen LogP) is 2.63. The molecule has 0 saturated carbocycles. The summed E-state index contributed by atoms with van der Waals surface area (Å²) in [5, 5.41) is 12.0. The molecule has 1 fully saturated rings. The number of carbonyl (C=O) groups excluding carboxylic acids is 3. The van der Waals surface area contributed by atoms with Gasteiger partial charge in [0.05, 0.1) is 12.8 Å². The van der Waals surface area contributed by atoms with Crippen LogP contribution in [0.15, 0.2) is 54.6 Å². The van der Waals surface area contributed by atoms with Gasteiger partial charge in [0.2, 0.25) is 5.91 Å². The Labute approximate surface area is 182 Å². The number of halogens is 1. The van der Waals surface area contributed by atoms with E-state index < -0.39 is 35.7 Å². The smallest absolute Gasteiger partial charge is 0.325 e. The Balaban J connectivity index is 1.46. The summed E-state index contributed by atoms with van der Waals surface area (Å²) in [5.74, 6) is -0.814. The highest BCUT2D eigenvalue weighted by Gasteiger charge is 2.49. The molecule has 164 valence electrons. The number of anilines is 1. The number of ether oxygens (including phenoxy) is 1. The Morgan fingerprint density at radius 1 is 1.19 bits per heavy atom. The topological polar surface area (TPSA) is 116 Å². The number of amides is 4. The Bertz CT molecular complexity index is 1190. The van der Waals surface area contributed by atoms with E-state index >= 15 is 0 Å². The largest absolute Gasteiger partial charge is 0.496 e. The normalized spacial score (nSPS) is 17.9. The molecule has 4 amide bonds. The van der Waals surface area contributed by atoms with E-state index in [1.165, 1.54) is 31.2 Å². The van der Waals surface area contributed by atoms with Crippen LogP contribution >= 0.6 is 0 Å². The van der Waals surface area contributed by atoms with E-state index in [9.17, 15) is 18.8 Å². The minimum atomic E-state index is -1.39. The second-order valence-corrected chi connectivity index (χ2v) is 7.37. The molecule has 1 aliphatic rings. The van der Waals surface area contributed by atoms with Crippen molar-refractivity contribution in [2.24, 2.45) is 0 Å². The lowest BCUT2D eigenvalue weighted by atomic mass is 9.92. The number of urea groups is 1. The molecule has 1 unspecified atom stereocenters. The van der Waals surface area contributed by atoms with E-state index in [0.29, 0.717) is 17.0 Å². The van der Waals surface area contributed by atoms with Crippen LogP contribution in [0.25, 0.3) is 11.3 Å². The van der Waals surface area contributed by atoms with Gasteiger partial charge in [0.25, 0.3) is 5.91 Å². The second kappa shape index (κ2) is 8.14. The van der Waals surface area contributed by atoms with Crippen LogP contribution in [0.4, 0.5) is 15.0 Å². The summed E-state index contributed by atoms with van der Waals surface area (Å²) in [6.07, 6.45) is 0. The molecule has 1 aromatic heterocycles. The fourth-order valence-corrected chi connectivity index (χ4v) is 3.54. The first-order valence-electron chi connectivity index (χ1n) is 9.70. The molecule has 9 nitrogen and oxygen atoms in total. The van der Waals surface area contributed by atoms with Crippen molar-refractivity contribution in [2.75, 3.05) is 19.0 Å². The van der Waals surface area contributed by atoms with Gasteiger partial charge in [-0.2, -0.15) is 5.10 Å². The lowest BCUT2D eigenvalue weighted by Gasteiger charge is -2.22. The highest BCUT2D eigenvalue weighted by atomic mass is 19.1. The molecule has 0 aliphatic carbocycles. The third kappa shape index (κ3) is 3.78. The second-order valence-electron chi connectivity index (χ2n) is 7.37. The van der Waals surface area contributed by atoms with E-state index in [0.717, 1.165) is 10.5 Å². The van der Waals surface area contributed by atoms with Crippen molar-refractivity contribution in [1.29, 1.82) is 0 Å². The van der Waals surface area contributed by atoms with Crippen LogP contribution in [0.5, 0.6) is 5.75 Å². The van der Waals surface area contributed by atoms with Gasteiger partial charge in [0.1, 0.15) is 23.7 Å². The Hall–Kier alpha value is -4.21. The summed E-state index contributed by atoms with van der Waals surface area (Å²) >= 11 is 0. The van der Waals surface area contributed by atoms with Gasteiger partial charge in [-0.05, 0) is 36.8 Å². The number of benzene rings is 2. The van der Waals surface area contributed by atoms with Crippen LogP contribution in [0.3, 0.4) is 0 Å². The molecule has 1 atom stereocenters. The first-order valence-corrected chi connectivity index (χ1v) is 9.70. The Kier molecular flexibility index (Phi) is 5.35. The third-order valence-corrected chi connectivity index (χ3v) is 5.24. The number of methoxy groups -OCH3 is 1. The minimum absolute atomic E-state index is 0.226. The molecule has 0 spiro atoms. The number of rotatable bonds is 6. The van der Waals surface area contributed by atoms with Crippen LogP contribution in [-0.4, -0.2) is 46.6 Å². The maximum atomic E-state index is 13.2. The standard InChI is InChI=1S/C22H20FN5O4/c1-22(13-7-9-14(23)10-8-13)20(30)28(21(31)25-22)12-19(29)24-18-11-16(26-27-18)15-5-3-4-6-17(15)32-2/h3-11H,12H2,1-2H3,(H,25,31)(H2,24,26,27,29). The van der Waals surface area contributed by atoms with E-state index in [1.54, 1.807) is 19.2 Å². The van der Waals surface area contributed by atoms with Crippen molar-refractivity contribution < 1.29 is 23.5 Å². The molecule has 3 N–H and O–H groups in total. The van der Waals surface area contributed by atoms with Gasteiger partial charge >= 0.3 is 6.03 Å². The van der Waals surface area contributed by atoms with Gasteiger partial charge in [0, 0.05) is 11.6 Å². The van der Waals surface area contributed by atoms with Crippen LogP contribution in [0.2, 0.25) is 0 Å². The van der Waals surface area contributed by atoms with Gasteiger partial charge in [0.15, 0.2) is 5.82 Å². The highest BCUT2D eigenvalue weighted by Crippen LogP contribution is 2.30. The van der Waals surface area contributed by atoms with Gasteiger partial charge in [-0.15, -0.1) is 0 Å². The van der Waals surface area contributed by atoms with E-state index in [-0.39, 0.29) is 5.82 Å². The Morgan fingerprint density at radius 2 is 1.91 bits per heavy atom. The van der Waals surface area contributed by atoms with Crippen LogP contribution in [0, 0.1) is 5.82 Å². The van der Waals surface area contributed by atoms with Gasteiger partial charge in [-0.1, -0.05) is 24.3 Å². The van der Waals surface area contributed by atoms with Crippen molar-refractivity contribution >= 4 is 23.7 Å². The van der Waals surface area contributed by atoms with Crippen molar-refractivity contribution in [2.45, 2.75) is 12.5 Å². The van der Waals surface area contributed by atoms with Crippen LogP contribution in [-0.2, 0) is 15.1 Å². The molecule has 1 saturated heterocycles. The third-order valence-electron chi connectivity index (χ3n) is 5.24. The summed E-state index contributed by atoms with van der Waals surface area (Å²) in [6, 6.07) is 13.4. The summed E-state index contributed by atoms with van der Waals surface area (Å²) < 4.78 is 18.5. The van der Waals surface area contributed by atoms with Gasteiger partial charge < -0.3 is 15.4 Å². The fraction of sp³-hybridized carbons (Fsp3) is 0.182. The number of aromatic amines is 1. The molecule has 2 aromatic carbocycles. The molecule has 1 aliphatic heterocycles. The number of nitrogens with one attached hydrogen (secondary N) is 3. The van der Waals surface area contributed by atoms with Gasteiger partial charge in [-0.3, -0.25) is 19.6 Å². The van der Waals surface area contributed by atoms with Crippen LogP contribution in [0.1, 0.15) is 12.5 Å².